The summed E-state index contributed by atoms with van der Waals surface area (Å²) in [7, 11) is 0. The lowest BCUT2D eigenvalue weighted by Crippen LogP contribution is -2.34. The molecule has 2 heterocycles. The van der Waals surface area contributed by atoms with Crippen LogP contribution in [-0.4, -0.2) is 24.5 Å². The van der Waals surface area contributed by atoms with Crippen molar-refractivity contribution in [2.24, 2.45) is 5.92 Å². The van der Waals surface area contributed by atoms with Gasteiger partial charge in [-0.05, 0) is 30.7 Å². The molecule has 2 aliphatic heterocycles. The van der Waals surface area contributed by atoms with E-state index in [9.17, 15) is 9.59 Å². The Hall–Kier alpha value is -2.90. The van der Waals surface area contributed by atoms with Crippen molar-refractivity contribution in [3.63, 3.8) is 0 Å². The fraction of sp³-hybridized carbons (Fsp3) is 0.263. The van der Waals surface area contributed by atoms with Crippen molar-refractivity contribution < 1.29 is 14.3 Å². The highest BCUT2D eigenvalue weighted by Crippen LogP contribution is 2.33. The molecule has 0 aliphatic carbocycles. The largest absolute Gasteiger partial charge is 0.479 e. The van der Waals surface area contributed by atoms with Gasteiger partial charge in [0.1, 0.15) is 5.75 Å². The lowest BCUT2D eigenvalue weighted by Gasteiger charge is -2.24. The summed E-state index contributed by atoms with van der Waals surface area (Å²) in [6.45, 7) is 2.23. The van der Waals surface area contributed by atoms with E-state index in [1.807, 2.05) is 30.3 Å². The summed E-state index contributed by atoms with van der Waals surface area (Å²) in [6.07, 6.45) is -0.523. The number of hydrogen-bond acceptors (Lipinski definition) is 5. The van der Waals surface area contributed by atoms with Crippen LogP contribution in [0.3, 0.4) is 0 Å². The summed E-state index contributed by atoms with van der Waals surface area (Å²) in [6, 6.07) is 15.0. The van der Waals surface area contributed by atoms with Crippen molar-refractivity contribution in [1.29, 1.82) is 0 Å². The molecule has 0 spiro atoms. The Kier molecular flexibility index (Phi) is 4.32. The van der Waals surface area contributed by atoms with Crippen molar-refractivity contribution in [3.05, 3.63) is 54.1 Å². The predicted octanol–water partition coefficient (Wildman–Crippen LogP) is 1.81. The Morgan fingerprint density at radius 1 is 1.19 bits per heavy atom. The van der Waals surface area contributed by atoms with Crippen molar-refractivity contribution in [3.8, 4) is 5.75 Å². The molecule has 134 valence electrons. The molecular weight excluding hydrogens is 332 g/mol. The van der Waals surface area contributed by atoms with Crippen molar-refractivity contribution in [1.82, 2.24) is 10.9 Å². The standard InChI is InChI=1S/C19H20N4O3/c1-11-18(24)22-15-9-13(7-8-16(15)26-11)21-19(25)14-10-20-23-17(14)12-5-3-2-4-6-12/h2-9,11,14,17,20,23H,10H2,1H3,(H,21,25)(H,22,24). The quantitative estimate of drug-likeness (QED) is 0.676. The van der Waals surface area contributed by atoms with Gasteiger partial charge in [-0.15, -0.1) is 0 Å². The van der Waals surface area contributed by atoms with E-state index in [0.717, 1.165) is 5.56 Å². The average molecular weight is 352 g/mol. The van der Waals surface area contributed by atoms with Crippen LogP contribution in [0, 0.1) is 5.92 Å². The summed E-state index contributed by atoms with van der Waals surface area (Å²) in [4.78, 5) is 24.5. The number of nitrogens with one attached hydrogen (secondary N) is 4. The number of benzene rings is 2. The number of carbonyl (C=O) groups excluding carboxylic acids is 2. The molecule has 3 unspecified atom stereocenters. The minimum Gasteiger partial charge on any atom is -0.479 e. The van der Waals surface area contributed by atoms with Gasteiger partial charge in [0.05, 0.1) is 17.6 Å². The SMILES string of the molecule is CC1Oc2ccc(NC(=O)C3CNNC3c3ccccc3)cc2NC1=O. The molecule has 1 fully saturated rings. The average Bonchev–Trinajstić information content (AvgIpc) is 3.14. The van der Waals surface area contributed by atoms with Crippen LogP contribution in [0.5, 0.6) is 5.75 Å². The van der Waals surface area contributed by atoms with Gasteiger partial charge in [-0.2, -0.15) is 0 Å². The molecule has 7 heteroatoms. The van der Waals surface area contributed by atoms with Crippen molar-refractivity contribution >= 4 is 23.2 Å². The molecular formula is C19H20N4O3. The highest BCUT2D eigenvalue weighted by atomic mass is 16.5. The van der Waals surface area contributed by atoms with E-state index >= 15 is 0 Å². The van der Waals surface area contributed by atoms with Crippen LogP contribution in [0.15, 0.2) is 48.5 Å². The first-order chi connectivity index (χ1) is 12.6. The van der Waals surface area contributed by atoms with Crippen LogP contribution in [-0.2, 0) is 9.59 Å². The zero-order valence-corrected chi connectivity index (χ0v) is 14.3. The zero-order chi connectivity index (χ0) is 18.1. The highest BCUT2D eigenvalue weighted by molar-refractivity contribution is 5.99. The summed E-state index contributed by atoms with van der Waals surface area (Å²) < 4.78 is 5.53. The van der Waals surface area contributed by atoms with Gasteiger partial charge in [0.2, 0.25) is 5.91 Å². The molecule has 3 atom stereocenters. The summed E-state index contributed by atoms with van der Waals surface area (Å²) in [5.74, 6) is 0.0581. The molecule has 4 rings (SSSR count). The van der Waals surface area contributed by atoms with Crippen LogP contribution in [0.4, 0.5) is 11.4 Å². The highest BCUT2D eigenvalue weighted by Gasteiger charge is 2.34. The Labute approximate surface area is 151 Å². The first-order valence-electron chi connectivity index (χ1n) is 8.57. The Bertz CT molecular complexity index is 840. The number of rotatable bonds is 3. The molecule has 0 saturated carbocycles. The maximum atomic E-state index is 12.8. The summed E-state index contributed by atoms with van der Waals surface area (Å²) in [5.41, 5.74) is 8.46. The van der Waals surface area contributed by atoms with Gasteiger partial charge in [0, 0.05) is 12.2 Å². The lowest BCUT2D eigenvalue weighted by atomic mass is 9.94. The summed E-state index contributed by atoms with van der Waals surface area (Å²) >= 11 is 0. The molecule has 7 nitrogen and oxygen atoms in total. The minimum absolute atomic E-state index is 0.0901. The Morgan fingerprint density at radius 3 is 2.81 bits per heavy atom. The second-order valence-corrected chi connectivity index (χ2v) is 6.47. The molecule has 2 aromatic rings. The van der Waals surface area contributed by atoms with Gasteiger partial charge in [0.15, 0.2) is 6.10 Å². The van der Waals surface area contributed by atoms with E-state index in [1.54, 1.807) is 25.1 Å². The molecule has 0 aromatic heterocycles. The van der Waals surface area contributed by atoms with E-state index in [2.05, 4.69) is 21.5 Å². The van der Waals surface area contributed by atoms with E-state index in [1.165, 1.54) is 0 Å². The van der Waals surface area contributed by atoms with Crippen LogP contribution < -0.4 is 26.2 Å². The molecule has 1 saturated heterocycles. The molecule has 4 N–H and O–H groups in total. The number of ether oxygens (including phenoxy) is 1. The third-order valence-corrected chi connectivity index (χ3v) is 4.66. The number of carbonyl (C=O) groups is 2. The Balaban J connectivity index is 1.50. The van der Waals surface area contributed by atoms with Gasteiger partial charge in [-0.3, -0.25) is 15.0 Å². The summed E-state index contributed by atoms with van der Waals surface area (Å²) in [5, 5.41) is 5.72. The fourth-order valence-corrected chi connectivity index (χ4v) is 3.24. The topological polar surface area (TPSA) is 91.5 Å². The van der Waals surface area contributed by atoms with E-state index in [0.29, 0.717) is 23.7 Å². The third kappa shape index (κ3) is 3.14. The molecule has 0 bridgehead atoms. The number of fused-ring (bicyclic) bond motifs is 1. The number of hydrogen-bond donors (Lipinski definition) is 4. The zero-order valence-electron chi connectivity index (χ0n) is 14.3. The van der Waals surface area contributed by atoms with Gasteiger partial charge in [-0.1, -0.05) is 30.3 Å². The van der Waals surface area contributed by atoms with Gasteiger partial charge in [0.25, 0.3) is 5.91 Å². The van der Waals surface area contributed by atoms with E-state index in [-0.39, 0.29) is 23.8 Å². The minimum atomic E-state index is -0.523. The van der Waals surface area contributed by atoms with Crippen LogP contribution in [0.25, 0.3) is 0 Å². The second kappa shape index (κ2) is 6.78. The number of hydrazine groups is 1. The third-order valence-electron chi connectivity index (χ3n) is 4.66. The van der Waals surface area contributed by atoms with Gasteiger partial charge in [-0.25, -0.2) is 5.43 Å². The molecule has 26 heavy (non-hydrogen) atoms. The predicted molar refractivity (Wildman–Crippen MR) is 97.6 cm³/mol. The first-order valence-corrected chi connectivity index (χ1v) is 8.57. The lowest BCUT2D eigenvalue weighted by molar-refractivity contribution is -0.122. The van der Waals surface area contributed by atoms with Crippen LogP contribution >= 0.6 is 0 Å². The smallest absolute Gasteiger partial charge is 0.265 e. The first kappa shape index (κ1) is 16.6. The van der Waals surface area contributed by atoms with E-state index < -0.39 is 6.10 Å². The molecule has 0 radical (unpaired) electrons. The Morgan fingerprint density at radius 2 is 2.00 bits per heavy atom. The molecule has 2 aliphatic rings. The van der Waals surface area contributed by atoms with Crippen LogP contribution in [0.2, 0.25) is 0 Å². The monoisotopic (exact) mass is 352 g/mol. The van der Waals surface area contributed by atoms with Crippen LogP contribution in [0.1, 0.15) is 18.5 Å². The van der Waals surface area contributed by atoms with Gasteiger partial charge >= 0.3 is 0 Å². The second-order valence-electron chi connectivity index (χ2n) is 6.47. The van der Waals surface area contributed by atoms with Crippen molar-refractivity contribution in [2.75, 3.05) is 17.2 Å². The van der Waals surface area contributed by atoms with Gasteiger partial charge < -0.3 is 15.4 Å². The van der Waals surface area contributed by atoms with Crippen molar-refractivity contribution in [2.45, 2.75) is 19.1 Å². The molecule has 2 aromatic carbocycles. The number of anilines is 2. The van der Waals surface area contributed by atoms with E-state index in [4.69, 9.17) is 4.74 Å². The fourth-order valence-electron chi connectivity index (χ4n) is 3.24. The normalized spacial score (nSPS) is 24.3. The number of amides is 2. The maximum Gasteiger partial charge on any atom is 0.265 e. The molecule has 2 amide bonds. The maximum absolute atomic E-state index is 12.8.